The summed E-state index contributed by atoms with van der Waals surface area (Å²) in [5, 5.41) is 6.24. The van der Waals surface area contributed by atoms with E-state index in [0.29, 0.717) is 50.9 Å². The van der Waals surface area contributed by atoms with Crippen LogP contribution in [0.3, 0.4) is 0 Å². The van der Waals surface area contributed by atoms with Crippen LogP contribution in [-0.4, -0.2) is 64.1 Å². The number of aryl methyl sites for hydroxylation is 1. The average Bonchev–Trinajstić information content (AvgIpc) is 3.20. The number of sulfonamides is 1. The molecule has 2 aliphatic rings. The summed E-state index contributed by atoms with van der Waals surface area (Å²) in [6, 6.07) is 5.26. The average molecular weight is 381 g/mol. The number of nitrogens with zero attached hydrogens (tertiary/aromatic N) is 1. The van der Waals surface area contributed by atoms with E-state index in [-0.39, 0.29) is 10.8 Å². The summed E-state index contributed by atoms with van der Waals surface area (Å²) >= 11 is 0. The van der Waals surface area contributed by atoms with Crippen molar-refractivity contribution in [1.29, 1.82) is 0 Å². The fourth-order valence-electron chi connectivity index (χ4n) is 3.40. The zero-order valence-corrected chi connectivity index (χ0v) is 16.0. The SMILES string of the molecule is CCc1ccc(C(=O)NCC2CCCN2)cc1S(=O)(=O)N1CCOCC1. The monoisotopic (exact) mass is 381 g/mol. The van der Waals surface area contributed by atoms with Crippen molar-refractivity contribution in [3.8, 4) is 0 Å². The van der Waals surface area contributed by atoms with Gasteiger partial charge in [-0.3, -0.25) is 4.79 Å². The molecule has 1 amide bonds. The number of carbonyl (C=O) groups excluding carboxylic acids is 1. The highest BCUT2D eigenvalue weighted by Crippen LogP contribution is 2.23. The lowest BCUT2D eigenvalue weighted by atomic mass is 10.1. The first-order valence-corrected chi connectivity index (χ1v) is 10.7. The molecule has 0 radical (unpaired) electrons. The largest absolute Gasteiger partial charge is 0.379 e. The first kappa shape index (κ1) is 19.3. The summed E-state index contributed by atoms with van der Waals surface area (Å²) in [6.45, 7) is 4.93. The van der Waals surface area contributed by atoms with Crippen molar-refractivity contribution in [2.75, 3.05) is 39.4 Å². The normalized spacial score (nSPS) is 21.7. The van der Waals surface area contributed by atoms with E-state index in [1.807, 2.05) is 6.92 Å². The molecular formula is C18H27N3O4S. The van der Waals surface area contributed by atoms with E-state index in [9.17, 15) is 13.2 Å². The van der Waals surface area contributed by atoms with Crippen LogP contribution in [-0.2, 0) is 21.2 Å². The van der Waals surface area contributed by atoms with Gasteiger partial charge in [0, 0.05) is 31.2 Å². The molecule has 0 aliphatic carbocycles. The van der Waals surface area contributed by atoms with E-state index in [1.54, 1.807) is 12.1 Å². The van der Waals surface area contributed by atoms with Crippen LogP contribution < -0.4 is 10.6 Å². The van der Waals surface area contributed by atoms with Crippen molar-refractivity contribution < 1.29 is 17.9 Å². The molecule has 0 bridgehead atoms. The van der Waals surface area contributed by atoms with Gasteiger partial charge in [0.05, 0.1) is 18.1 Å². The van der Waals surface area contributed by atoms with Gasteiger partial charge in [-0.2, -0.15) is 4.31 Å². The molecule has 0 spiro atoms. The first-order chi connectivity index (χ1) is 12.5. The molecule has 1 unspecified atom stereocenters. The summed E-state index contributed by atoms with van der Waals surface area (Å²) < 4.78 is 32.8. The number of hydrogen-bond donors (Lipinski definition) is 2. The molecule has 1 aromatic rings. The van der Waals surface area contributed by atoms with Crippen molar-refractivity contribution in [1.82, 2.24) is 14.9 Å². The molecule has 1 atom stereocenters. The van der Waals surface area contributed by atoms with Crippen molar-refractivity contribution in [3.05, 3.63) is 29.3 Å². The maximum Gasteiger partial charge on any atom is 0.251 e. The topological polar surface area (TPSA) is 87.7 Å². The van der Waals surface area contributed by atoms with Crippen molar-refractivity contribution in [3.63, 3.8) is 0 Å². The fraction of sp³-hybridized carbons (Fsp3) is 0.611. The summed E-state index contributed by atoms with van der Waals surface area (Å²) in [7, 11) is -3.63. The minimum atomic E-state index is -3.63. The highest BCUT2D eigenvalue weighted by atomic mass is 32.2. The van der Waals surface area contributed by atoms with E-state index in [2.05, 4.69) is 10.6 Å². The van der Waals surface area contributed by atoms with Crippen LogP contribution in [0.4, 0.5) is 0 Å². The number of benzene rings is 1. The number of amides is 1. The Morgan fingerprint density at radius 2 is 2.12 bits per heavy atom. The van der Waals surface area contributed by atoms with Crippen LogP contribution in [0, 0.1) is 0 Å². The smallest absolute Gasteiger partial charge is 0.251 e. The Labute approximate surface area is 155 Å². The van der Waals surface area contributed by atoms with E-state index in [4.69, 9.17) is 4.74 Å². The van der Waals surface area contributed by atoms with Crippen molar-refractivity contribution >= 4 is 15.9 Å². The standard InChI is InChI=1S/C18H27N3O4S/c1-2-14-5-6-15(18(22)20-13-16-4-3-7-19-16)12-17(14)26(23,24)21-8-10-25-11-9-21/h5-6,12,16,19H,2-4,7-11,13H2,1H3,(H,20,22). The second kappa shape index (κ2) is 8.47. The number of rotatable bonds is 6. The van der Waals surface area contributed by atoms with Crippen LogP contribution in [0.25, 0.3) is 0 Å². The van der Waals surface area contributed by atoms with Crippen molar-refractivity contribution in [2.24, 2.45) is 0 Å². The first-order valence-electron chi connectivity index (χ1n) is 9.24. The molecule has 7 nitrogen and oxygen atoms in total. The van der Waals surface area contributed by atoms with Gasteiger partial charge in [0.1, 0.15) is 0 Å². The van der Waals surface area contributed by atoms with E-state index < -0.39 is 10.0 Å². The van der Waals surface area contributed by atoms with Crippen LogP contribution in [0.1, 0.15) is 35.7 Å². The fourth-order valence-corrected chi connectivity index (χ4v) is 5.13. The highest BCUT2D eigenvalue weighted by molar-refractivity contribution is 7.89. The quantitative estimate of drug-likeness (QED) is 0.759. The Hall–Kier alpha value is -1.48. The summed E-state index contributed by atoms with van der Waals surface area (Å²) in [5.74, 6) is -0.236. The van der Waals surface area contributed by atoms with Crippen LogP contribution >= 0.6 is 0 Å². The zero-order chi connectivity index (χ0) is 18.6. The van der Waals surface area contributed by atoms with Gasteiger partial charge in [-0.1, -0.05) is 13.0 Å². The predicted octanol–water partition coefficient (Wildman–Crippen LogP) is 0.752. The third-order valence-corrected chi connectivity index (χ3v) is 6.95. The number of ether oxygens (including phenoxy) is 1. The second-order valence-electron chi connectivity index (χ2n) is 6.70. The van der Waals surface area contributed by atoms with E-state index >= 15 is 0 Å². The molecule has 2 heterocycles. The molecule has 3 rings (SSSR count). The maximum atomic E-state index is 13.0. The molecule has 2 saturated heterocycles. The number of morpholine rings is 1. The third-order valence-electron chi connectivity index (χ3n) is 4.97. The van der Waals surface area contributed by atoms with Gasteiger partial charge >= 0.3 is 0 Å². The number of nitrogens with one attached hydrogen (secondary N) is 2. The molecule has 26 heavy (non-hydrogen) atoms. The zero-order valence-electron chi connectivity index (χ0n) is 15.2. The summed E-state index contributed by atoms with van der Waals surface area (Å²) in [6.07, 6.45) is 2.76. The van der Waals surface area contributed by atoms with Gasteiger partial charge in [-0.05, 0) is 43.5 Å². The van der Waals surface area contributed by atoms with Gasteiger partial charge in [0.25, 0.3) is 5.91 Å². The minimum Gasteiger partial charge on any atom is -0.379 e. The molecule has 2 aliphatic heterocycles. The molecule has 0 aromatic heterocycles. The Kier molecular flexibility index (Phi) is 6.29. The lowest BCUT2D eigenvalue weighted by Gasteiger charge is -2.27. The minimum absolute atomic E-state index is 0.230. The Morgan fingerprint density at radius 3 is 2.77 bits per heavy atom. The van der Waals surface area contributed by atoms with Gasteiger partial charge in [0.2, 0.25) is 10.0 Å². The van der Waals surface area contributed by atoms with E-state index in [0.717, 1.165) is 24.9 Å². The number of hydrogen-bond acceptors (Lipinski definition) is 5. The Morgan fingerprint density at radius 1 is 1.35 bits per heavy atom. The van der Waals surface area contributed by atoms with Gasteiger partial charge in [-0.25, -0.2) is 8.42 Å². The third kappa shape index (κ3) is 4.25. The molecular weight excluding hydrogens is 354 g/mol. The Balaban J connectivity index is 1.80. The second-order valence-corrected chi connectivity index (χ2v) is 8.60. The Bertz CT molecular complexity index is 739. The predicted molar refractivity (Wildman–Crippen MR) is 98.8 cm³/mol. The molecule has 2 fully saturated rings. The lowest BCUT2D eigenvalue weighted by molar-refractivity contribution is 0.0730. The molecule has 0 saturated carbocycles. The lowest BCUT2D eigenvalue weighted by Crippen LogP contribution is -2.41. The molecule has 8 heteroatoms. The molecule has 1 aromatic carbocycles. The van der Waals surface area contributed by atoms with Crippen molar-refractivity contribution in [2.45, 2.75) is 37.1 Å². The van der Waals surface area contributed by atoms with Crippen LogP contribution in [0.5, 0.6) is 0 Å². The maximum absolute atomic E-state index is 13.0. The molecule has 144 valence electrons. The summed E-state index contributed by atoms with van der Waals surface area (Å²) in [4.78, 5) is 12.7. The van der Waals surface area contributed by atoms with Gasteiger partial charge in [-0.15, -0.1) is 0 Å². The van der Waals surface area contributed by atoms with E-state index in [1.165, 1.54) is 10.4 Å². The van der Waals surface area contributed by atoms with Crippen LogP contribution in [0.15, 0.2) is 23.1 Å². The molecule has 2 N–H and O–H groups in total. The highest BCUT2D eigenvalue weighted by Gasteiger charge is 2.29. The summed E-state index contributed by atoms with van der Waals surface area (Å²) in [5.41, 5.74) is 1.11. The van der Waals surface area contributed by atoms with Crippen LogP contribution in [0.2, 0.25) is 0 Å². The van der Waals surface area contributed by atoms with Gasteiger partial charge < -0.3 is 15.4 Å². The van der Waals surface area contributed by atoms with Gasteiger partial charge in [0.15, 0.2) is 0 Å². The number of carbonyl (C=O) groups is 1.